The second kappa shape index (κ2) is 7.83. The van der Waals surface area contributed by atoms with Crippen LogP contribution < -0.4 is 10.9 Å². The molecule has 1 aromatic carbocycles. The van der Waals surface area contributed by atoms with Crippen molar-refractivity contribution in [2.75, 3.05) is 5.32 Å². The van der Waals surface area contributed by atoms with E-state index in [0.29, 0.717) is 15.4 Å². The topological polar surface area (TPSA) is 64.0 Å². The Morgan fingerprint density at radius 1 is 1.28 bits per heavy atom. The predicted molar refractivity (Wildman–Crippen MR) is 110 cm³/mol. The number of aryl methyl sites for hydroxylation is 2. The molecule has 154 valence electrons. The summed E-state index contributed by atoms with van der Waals surface area (Å²) in [5.41, 5.74) is -0.556. The van der Waals surface area contributed by atoms with Gasteiger partial charge < -0.3 is 5.32 Å². The lowest BCUT2D eigenvalue weighted by molar-refractivity contribution is -0.137. The Kier molecular flexibility index (Phi) is 5.77. The van der Waals surface area contributed by atoms with Gasteiger partial charge in [0.1, 0.15) is 4.83 Å². The SMILES string of the molecule is Cc1sc2nc(SC(C)C(=O)Nc3ccccc3C(F)(F)F)n(C)c(=O)c2c1C. The van der Waals surface area contributed by atoms with E-state index in [1.54, 1.807) is 14.0 Å². The molecule has 0 saturated heterocycles. The molecular weight excluding hydrogens is 423 g/mol. The van der Waals surface area contributed by atoms with E-state index in [1.165, 1.54) is 34.1 Å². The van der Waals surface area contributed by atoms with Crippen LogP contribution in [0.3, 0.4) is 0 Å². The lowest BCUT2D eigenvalue weighted by atomic mass is 10.1. The van der Waals surface area contributed by atoms with E-state index < -0.39 is 22.9 Å². The molecule has 3 rings (SSSR count). The summed E-state index contributed by atoms with van der Waals surface area (Å²) < 4.78 is 40.7. The van der Waals surface area contributed by atoms with Gasteiger partial charge in [0.15, 0.2) is 5.16 Å². The fourth-order valence-corrected chi connectivity index (χ4v) is 4.69. The number of hydrogen-bond donors (Lipinski definition) is 1. The summed E-state index contributed by atoms with van der Waals surface area (Å²) in [6.45, 7) is 5.32. The Morgan fingerprint density at radius 2 is 1.93 bits per heavy atom. The Balaban J connectivity index is 1.86. The Morgan fingerprint density at radius 3 is 2.59 bits per heavy atom. The second-order valence-electron chi connectivity index (χ2n) is 6.51. The lowest BCUT2D eigenvalue weighted by Gasteiger charge is -2.16. The molecule has 1 unspecified atom stereocenters. The minimum Gasteiger partial charge on any atom is -0.325 e. The summed E-state index contributed by atoms with van der Waals surface area (Å²) in [5, 5.41) is 2.44. The quantitative estimate of drug-likeness (QED) is 0.469. The van der Waals surface area contributed by atoms with E-state index in [9.17, 15) is 22.8 Å². The maximum Gasteiger partial charge on any atom is 0.418 e. The van der Waals surface area contributed by atoms with Crippen LogP contribution in [0.1, 0.15) is 22.9 Å². The number of halogens is 3. The van der Waals surface area contributed by atoms with Crippen LogP contribution in [0.5, 0.6) is 0 Å². The standard InChI is InChI=1S/C19H18F3N3O2S2/c1-9-10(2)28-16-14(9)17(27)25(4)18(24-16)29-11(3)15(26)23-13-8-6-5-7-12(13)19(20,21)22/h5-8,11H,1-4H3,(H,23,26). The number of rotatable bonds is 4. The van der Waals surface area contributed by atoms with Gasteiger partial charge in [-0.25, -0.2) is 4.98 Å². The summed E-state index contributed by atoms with van der Waals surface area (Å²) in [5.74, 6) is -0.611. The molecule has 0 fully saturated rings. The number of thiophene rings is 1. The fourth-order valence-electron chi connectivity index (χ4n) is 2.75. The van der Waals surface area contributed by atoms with Crippen LogP contribution in [0.15, 0.2) is 34.2 Å². The first-order valence-corrected chi connectivity index (χ1v) is 10.3. The zero-order valence-electron chi connectivity index (χ0n) is 16.0. The lowest BCUT2D eigenvalue weighted by Crippen LogP contribution is -2.26. The van der Waals surface area contributed by atoms with Crippen molar-refractivity contribution >= 4 is 44.9 Å². The molecule has 0 spiro atoms. The zero-order chi connectivity index (χ0) is 21.5. The molecule has 0 aliphatic carbocycles. The number of thioether (sulfide) groups is 1. The van der Waals surface area contributed by atoms with E-state index in [4.69, 9.17) is 0 Å². The van der Waals surface area contributed by atoms with Crippen molar-refractivity contribution in [3.8, 4) is 0 Å². The maximum atomic E-state index is 13.1. The van der Waals surface area contributed by atoms with Crippen LogP contribution in [-0.4, -0.2) is 20.7 Å². The van der Waals surface area contributed by atoms with Gasteiger partial charge in [0, 0.05) is 11.9 Å². The van der Waals surface area contributed by atoms with Gasteiger partial charge in [-0.3, -0.25) is 14.2 Å². The van der Waals surface area contributed by atoms with Gasteiger partial charge in [-0.15, -0.1) is 11.3 Å². The summed E-state index contributed by atoms with van der Waals surface area (Å²) in [6.07, 6.45) is -4.58. The van der Waals surface area contributed by atoms with Gasteiger partial charge in [-0.2, -0.15) is 13.2 Å². The summed E-state index contributed by atoms with van der Waals surface area (Å²) in [6, 6.07) is 4.79. The number of carbonyl (C=O) groups excluding carboxylic acids is 1. The summed E-state index contributed by atoms with van der Waals surface area (Å²) in [4.78, 5) is 31.2. The molecule has 0 bridgehead atoms. The van der Waals surface area contributed by atoms with Crippen molar-refractivity contribution in [3.63, 3.8) is 0 Å². The highest BCUT2D eigenvalue weighted by atomic mass is 32.2. The number of aromatic nitrogens is 2. The van der Waals surface area contributed by atoms with Gasteiger partial charge in [0.25, 0.3) is 5.56 Å². The smallest absolute Gasteiger partial charge is 0.325 e. The van der Waals surface area contributed by atoms with Crippen LogP contribution in [0.2, 0.25) is 0 Å². The number of fused-ring (bicyclic) bond motifs is 1. The van der Waals surface area contributed by atoms with E-state index >= 15 is 0 Å². The van der Waals surface area contributed by atoms with Crippen molar-refractivity contribution < 1.29 is 18.0 Å². The molecule has 10 heteroatoms. The highest BCUT2D eigenvalue weighted by Crippen LogP contribution is 2.35. The predicted octanol–water partition coefficient (Wildman–Crippen LogP) is 4.75. The number of carbonyl (C=O) groups is 1. The van der Waals surface area contributed by atoms with Crippen molar-refractivity contribution in [1.82, 2.24) is 9.55 Å². The molecule has 0 saturated carbocycles. The van der Waals surface area contributed by atoms with Crippen LogP contribution >= 0.6 is 23.1 Å². The monoisotopic (exact) mass is 441 g/mol. The number of hydrogen-bond acceptors (Lipinski definition) is 5. The molecule has 2 aromatic heterocycles. The second-order valence-corrected chi connectivity index (χ2v) is 9.03. The summed E-state index contributed by atoms with van der Waals surface area (Å²) >= 11 is 2.42. The van der Waals surface area contributed by atoms with Crippen LogP contribution in [0.25, 0.3) is 10.2 Å². The van der Waals surface area contributed by atoms with Gasteiger partial charge in [0.05, 0.1) is 21.9 Å². The molecule has 2 heterocycles. The normalized spacial score (nSPS) is 12.9. The fraction of sp³-hybridized carbons (Fsp3) is 0.316. The van der Waals surface area contributed by atoms with Crippen molar-refractivity contribution in [3.05, 3.63) is 50.6 Å². The molecule has 1 N–H and O–H groups in total. The van der Waals surface area contributed by atoms with E-state index in [-0.39, 0.29) is 11.2 Å². The number of benzene rings is 1. The zero-order valence-corrected chi connectivity index (χ0v) is 17.7. The van der Waals surface area contributed by atoms with Gasteiger partial charge in [-0.05, 0) is 38.5 Å². The van der Waals surface area contributed by atoms with Gasteiger partial charge in [-0.1, -0.05) is 23.9 Å². The summed E-state index contributed by atoms with van der Waals surface area (Å²) in [7, 11) is 1.56. The molecule has 0 aliphatic heterocycles. The molecule has 29 heavy (non-hydrogen) atoms. The molecule has 1 atom stereocenters. The first-order chi connectivity index (χ1) is 13.5. The van der Waals surface area contributed by atoms with Crippen LogP contribution in [0.4, 0.5) is 18.9 Å². The van der Waals surface area contributed by atoms with Crippen molar-refractivity contribution in [1.29, 1.82) is 0 Å². The number of para-hydroxylation sites is 1. The van der Waals surface area contributed by atoms with Gasteiger partial charge in [0.2, 0.25) is 5.91 Å². The third-order valence-electron chi connectivity index (χ3n) is 4.51. The van der Waals surface area contributed by atoms with E-state index in [2.05, 4.69) is 10.3 Å². The largest absolute Gasteiger partial charge is 0.418 e. The molecule has 5 nitrogen and oxygen atoms in total. The van der Waals surface area contributed by atoms with Crippen LogP contribution in [-0.2, 0) is 18.0 Å². The van der Waals surface area contributed by atoms with E-state index in [0.717, 1.165) is 28.3 Å². The highest BCUT2D eigenvalue weighted by Gasteiger charge is 2.34. The molecule has 0 radical (unpaired) electrons. The number of anilines is 1. The average Bonchev–Trinajstić information content (AvgIpc) is 2.92. The molecule has 1 amide bonds. The van der Waals surface area contributed by atoms with Gasteiger partial charge >= 0.3 is 6.18 Å². The maximum absolute atomic E-state index is 13.1. The molecular formula is C19H18F3N3O2S2. The van der Waals surface area contributed by atoms with Crippen LogP contribution in [0, 0.1) is 13.8 Å². The Bertz CT molecular complexity index is 1150. The van der Waals surface area contributed by atoms with Crippen molar-refractivity contribution in [2.45, 2.75) is 37.4 Å². The number of amides is 1. The number of alkyl halides is 3. The Hall–Kier alpha value is -2.33. The minimum atomic E-state index is -4.58. The Labute approximate surface area is 173 Å². The number of nitrogens with zero attached hydrogens (tertiary/aromatic N) is 2. The number of nitrogens with one attached hydrogen (secondary N) is 1. The van der Waals surface area contributed by atoms with E-state index in [1.807, 2.05) is 13.8 Å². The minimum absolute atomic E-state index is 0.214. The average molecular weight is 442 g/mol. The van der Waals surface area contributed by atoms with Crippen molar-refractivity contribution in [2.24, 2.45) is 7.05 Å². The first-order valence-electron chi connectivity index (χ1n) is 8.61. The first kappa shape index (κ1) is 21.4. The third kappa shape index (κ3) is 4.18. The highest BCUT2D eigenvalue weighted by molar-refractivity contribution is 8.00. The molecule has 0 aliphatic rings. The molecule has 3 aromatic rings. The third-order valence-corrected chi connectivity index (χ3v) is 6.76.